The molecule has 0 saturated heterocycles. The van der Waals surface area contributed by atoms with Crippen molar-refractivity contribution in [3.05, 3.63) is 17.5 Å². The van der Waals surface area contributed by atoms with Crippen LogP contribution in [0.5, 0.6) is 0 Å². The lowest BCUT2D eigenvalue weighted by Crippen LogP contribution is -2.42. The van der Waals surface area contributed by atoms with Gasteiger partial charge in [-0.15, -0.1) is 0 Å². The van der Waals surface area contributed by atoms with E-state index >= 15 is 0 Å². The standard InChI is InChI=1S/C16H29N3O2/c1-7-13(8-2)19-12(4)10-14(17-19)15(20)18(9-3)11-16(5,6)21/h10,13,21H,7-9,11H2,1-6H3. The Balaban J connectivity index is 2.99. The average Bonchev–Trinajstić information content (AvgIpc) is 2.78. The van der Waals surface area contributed by atoms with Crippen molar-refractivity contribution >= 4 is 5.91 Å². The molecule has 21 heavy (non-hydrogen) atoms. The maximum Gasteiger partial charge on any atom is 0.274 e. The van der Waals surface area contributed by atoms with Crippen molar-refractivity contribution in [2.45, 2.75) is 66.0 Å². The molecule has 0 aliphatic carbocycles. The van der Waals surface area contributed by atoms with E-state index < -0.39 is 5.60 Å². The van der Waals surface area contributed by atoms with Crippen LogP contribution in [0.3, 0.4) is 0 Å². The fourth-order valence-corrected chi connectivity index (χ4v) is 2.55. The van der Waals surface area contributed by atoms with E-state index in [-0.39, 0.29) is 5.91 Å². The molecule has 5 heteroatoms. The monoisotopic (exact) mass is 295 g/mol. The lowest BCUT2D eigenvalue weighted by Gasteiger charge is -2.27. The van der Waals surface area contributed by atoms with Gasteiger partial charge in [0.25, 0.3) is 5.91 Å². The molecule has 1 heterocycles. The molecule has 5 nitrogen and oxygen atoms in total. The molecule has 0 saturated carbocycles. The highest BCUT2D eigenvalue weighted by Gasteiger charge is 2.25. The molecule has 0 unspecified atom stereocenters. The van der Waals surface area contributed by atoms with Crippen LogP contribution in [0.2, 0.25) is 0 Å². The maximum absolute atomic E-state index is 12.6. The molecule has 1 rings (SSSR count). The van der Waals surface area contributed by atoms with Crippen molar-refractivity contribution < 1.29 is 9.90 Å². The van der Waals surface area contributed by atoms with Crippen LogP contribution in [0.4, 0.5) is 0 Å². The van der Waals surface area contributed by atoms with Crippen molar-refractivity contribution in [2.75, 3.05) is 13.1 Å². The van der Waals surface area contributed by atoms with Crippen LogP contribution in [0.15, 0.2) is 6.07 Å². The van der Waals surface area contributed by atoms with E-state index in [9.17, 15) is 9.90 Å². The van der Waals surface area contributed by atoms with Crippen molar-refractivity contribution in [1.82, 2.24) is 14.7 Å². The first-order valence-electron chi connectivity index (χ1n) is 7.81. The number of nitrogens with zero attached hydrogens (tertiary/aromatic N) is 3. The third-order valence-electron chi connectivity index (χ3n) is 3.68. The molecule has 0 radical (unpaired) electrons. The van der Waals surface area contributed by atoms with Gasteiger partial charge in [-0.1, -0.05) is 13.8 Å². The van der Waals surface area contributed by atoms with Gasteiger partial charge in [0.2, 0.25) is 0 Å². The number of carbonyl (C=O) groups is 1. The largest absolute Gasteiger partial charge is 0.389 e. The number of hydrogen-bond donors (Lipinski definition) is 1. The smallest absolute Gasteiger partial charge is 0.274 e. The molecule has 0 atom stereocenters. The topological polar surface area (TPSA) is 58.4 Å². The number of carbonyl (C=O) groups excluding carboxylic acids is 1. The first-order chi connectivity index (χ1) is 9.73. The lowest BCUT2D eigenvalue weighted by molar-refractivity contribution is 0.0311. The van der Waals surface area contributed by atoms with Crippen LogP contribution in [0.1, 0.15) is 69.7 Å². The Kier molecular flexibility index (Phi) is 5.96. The fraction of sp³-hybridized carbons (Fsp3) is 0.750. The first-order valence-corrected chi connectivity index (χ1v) is 7.81. The summed E-state index contributed by atoms with van der Waals surface area (Å²) in [7, 11) is 0. The summed E-state index contributed by atoms with van der Waals surface area (Å²) >= 11 is 0. The summed E-state index contributed by atoms with van der Waals surface area (Å²) in [5, 5.41) is 14.4. The number of aryl methyl sites for hydroxylation is 1. The molecular weight excluding hydrogens is 266 g/mol. The molecule has 0 bridgehead atoms. The summed E-state index contributed by atoms with van der Waals surface area (Å²) in [5.41, 5.74) is 0.565. The van der Waals surface area contributed by atoms with Gasteiger partial charge in [-0.05, 0) is 46.6 Å². The Morgan fingerprint density at radius 2 is 1.95 bits per heavy atom. The van der Waals surface area contributed by atoms with Gasteiger partial charge < -0.3 is 10.0 Å². The van der Waals surface area contributed by atoms with Crippen LogP contribution < -0.4 is 0 Å². The Morgan fingerprint density at radius 1 is 1.38 bits per heavy atom. The minimum atomic E-state index is -0.904. The predicted octanol–water partition coefficient (Wildman–Crippen LogP) is 2.79. The van der Waals surface area contributed by atoms with Gasteiger partial charge in [-0.3, -0.25) is 9.48 Å². The van der Waals surface area contributed by atoms with Crippen LogP contribution in [-0.4, -0.2) is 44.4 Å². The van der Waals surface area contributed by atoms with Crippen molar-refractivity contribution in [3.63, 3.8) is 0 Å². The SMILES string of the molecule is CCC(CC)n1nc(C(=O)N(CC)CC(C)(C)O)cc1C. The summed E-state index contributed by atoms with van der Waals surface area (Å²) in [5.74, 6) is -0.118. The zero-order chi connectivity index (χ0) is 16.2. The van der Waals surface area contributed by atoms with E-state index in [0.717, 1.165) is 18.5 Å². The second kappa shape index (κ2) is 7.07. The Hall–Kier alpha value is -1.36. The van der Waals surface area contributed by atoms with E-state index in [2.05, 4.69) is 18.9 Å². The van der Waals surface area contributed by atoms with Crippen LogP contribution in [0, 0.1) is 6.92 Å². The number of aromatic nitrogens is 2. The summed E-state index contributed by atoms with van der Waals surface area (Å²) in [4.78, 5) is 14.2. The van der Waals surface area contributed by atoms with Gasteiger partial charge in [0.1, 0.15) is 0 Å². The Labute approximate surface area is 127 Å². The maximum atomic E-state index is 12.6. The molecule has 0 spiro atoms. The van der Waals surface area contributed by atoms with E-state index in [4.69, 9.17) is 0 Å². The quantitative estimate of drug-likeness (QED) is 0.841. The Morgan fingerprint density at radius 3 is 2.38 bits per heavy atom. The number of aliphatic hydroxyl groups is 1. The van der Waals surface area contributed by atoms with Gasteiger partial charge in [0, 0.05) is 18.8 Å². The minimum absolute atomic E-state index is 0.118. The second-order valence-corrected chi connectivity index (χ2v) is 6.22. The van der Waals surface area contributed by atoms with Crippen molar-refractivity contribution in [3.8, 4) is 0 Å². The van der Waals surface area contributed by atoms with E-state index in [1.807, 2.05) is 24.6 Å². The zero-order valence-corrected chi connectivity index (χ0v) is 14.2. The first kappa shape index (κ1) is 17.7. The molecule has 120 valence electrons. The van der Waals surface area contributed by atoms with Crippen LogP contribution >= 0.6 is 0 Å². The molecular formula is C16H29N3O2. The summed E-state index contributed by atoms with van der Waals surface area (Å²) in [6.45, 7) is 12.4. The van der Waals surface area contributed by atoms with Crippen molar-refractivity contribution in [2.24, 2.45) is 0 Å². The zero-order valence-electron chi connectivity index (χ0n) is 14.2. The van der Waals surface area contributed by atoms with E-state index in [1.165, 1.54) is 0 Å². The number of hydrogen-bond acceptors (Lipinski definition) is 3. The minimum Gasteiger partial charge on any atom is -0.389 e. The van der Waals surface area contributed by atoms with Gasteiger partial charge >= 0.3 is 0 Å². The average molecular weight is 295 g/mol. The number of rotatable bonds is 7. The highest BCUT2D eigenvalue weighted by molar-refractivity contribution is 5.92. The fourth-order valence-electron chi connectivity index (χ4n) is 2.55. The summed E-state index contributed by atoms with van der Waals surface area (Å²) in [6, 6.07) is 2.17. The third kappa shape index (κ3) is 4.56. The number of amides is 1. The molecule has 0 fully saturated rings. The molecule has 0 aliphatic rings. The normalized spacial score (nSPS) is 12.0. The van der Waals surface area contributed by atoms with Gasteiger partial charge in [-0.2, -0.15) is 5.10 Å². The summed E-state index contributed by atoms with van der Waals surface area (Å²) in [6.07, 6.45) is 1.99. The van der Waals surface area contributed by atoms with E-state index in [0.29, 0.717) is 24.8 Å². The van der Waals surface area contributed by atoms with E-state index in [1.54, 1.807) is 18.7 Å². The molecule has 1 aromatic heterocycles. The third-order valence-corrected chi connectivity index (χ3v) is 3.68. The molecule has 0 aromatic carbocycles. The summed E-state index contributed by atoms with van der Waals surface area (Å²) < 4.78 is 1.95. The highest BCUT2D eigenvalue weighted by atomic mass is 16.3. The van der Waals surface area contributed by atoms with Gasteiger partial charge in [-0.25, -0.2) is 0 Å². The van der Waals surface area contributed by atoms with Crippen molar-refractivity contribution in [1.29, 1.82) is 0 Å². The van der Waals surface area contributed by atoms with Gasteiger partial charge in [0.15, 0.2) is 5.69 Å². The second-order valence-electron chi connectivity index (χ2n) is 6.22. The van der Waals surface area contributed by atoms with Gasteiger partial charge in [0.05, 0.1) is 11.6 Å². The highest BCUT2D eigenvalue weighted by Crippen LogP contribution is 2.19. The Bertz CT molecular complexity index is 470. The number of likely N-dealkylation sites (N-methyl/N-ethyl adjacent to an activating group) is 1. The molecule has 1 amide bonds. The van der Waals surface area contributed by atoms with Crippen LogP contribution in [-0.2, 0) is 0 Å². The molecule has 1 aromatic rings. The molecule has 1 N–H and O–H groups in total. The predicted molar refractivity (Wildman–Crippen MR) is 84.5 cm³/mol. The lowest BCUT2D eigenvalue weighted by atomic mass is 10.1. The molecule has 0 aliphatic heterocycles. The van der Waals surface area contributed by atoms with Crippen LogP contribution in [0.25, 0.3) is 0 Å².